The topological polar surface area (TPSA) is 46.5 Å². The number of halogens is 2. The summed E-state index contributed by atoms with van der Waals surface area (Å²) in [4.78, 5) is 10.6. The molecule has 0 saturated carbocycles. The van der Waals surface area contributed by atoms with Gasteiger partial charge in [-0.05, 0) is 31.1 Å². The van der Waals surface area contributed by atoms with Gasteiger partial charge in [-0.2, -0.15) is 0 Å². The largest absolute Gasteiger partial charge is 0.491 e. The normalized spacial score (nSPS) is 11.5. The van der Waals surface area contributed by atoms with E-state index in [1.54, 1.807) is 18.2 Å². The zero-order valence-electron chi connectivity index (χ0n) is 10.9. The predicted molar refractivity (Wildman–Crippen MR) is 78.2 cm³/mol. The highest BCUT2D eigenvalue weighted by Crippen LogP contribution is 2.36. The van der Waals surface area contributed by atoms with Gasteiger partial charge >= 0.3 is 5.97 Å². The highest BCUT2D eigenvalue weighted by molar-refractivity contribution is 6.36. The zero-order valence-corrected chi connectivity index (χ0v) is 12.4. The van der Waals surface area contributed by atoms with Crippen molar-refractivity contribution in [3.63, 3.8) is 0 Å². The molecule has 1 aromatic carbocycles. The second-order valence-corrected chi connectivity index (χ2v) is 4.94. The van der Waals surface area contributed by atoms with E-state index in [2.05, 4.69) is 0 Å². The van der Waals surface area contributed by atoms with Crippen molar-refractivity contribution in [2.24, 2.45) is 0 Å². The van der Waals surface area contributed by atoms with E-state index in [9.17, 15) is 4.79 Å². The standard InChI is InChI=1S/C14H16Cl2O3/c1-3-6-19-14-11(7-10(15)8-12(14)16)9(2)4-5-13(17)18/h4,7-8H,3,5-6H2,1-2H3,(H,17,18)/b9-4+. The minimum atomic E-state index is -0.886. The fourth-order valence-electron chi connectivity index (χ4n) is 1.55. The Morgan fingerprint density at radius 1 is 1.42 bits per heavy atom. The van der Waals surface area contributed by atoms with Crippen LogP contribution in [0, 0.1) is 0 Å². The van der Waals surface area contributed by atoms with Crippen molar-refractivity contribution < 1.29 is 14.6 Å². The van der Waals surface area contributed by atoms with Gasteiger partial charge in [0.1, 0.15) is 5.75 Å². The molecule has 5 heteroatoms. The third kappa shape index (κ3) is 4.77. The maximum Gasteiger partial charge on any atom is 0.307 e. The van der Waals surface area contributed by atoms with Crippen LogP contribution in [0.5, 0.6) is 5.75 Å². The lowest BCUT2D eigenvalue weighted by Crippen LogP contribution is -1.99. The molecule has 0 aromatic heterocycles. The Morgan fingerprint density at radius 2 is 2.11 bits per heavy atom. The van der Waals surface area contributed by atoms with Gasteiger partial charge in [0.05, 0.1) is 18.1 Å². The molecule has 0 spiro atoms. The summed E-state index contributed by atoms with van der Waals surface area (Å²) in [6, 6.07) is 3.34. The van der Waals surface area contributed by atoms with Crippen molar-refractivity contribution in [2.75, 3.05) is 6.61 Å². The first-order chi connectivity index (χ1) is 8.95. The lowest BCUT2D eigenvalue weighted by atomic mass is 10.1. The second kappa shape index (κ2) is 7.41. The maximum atomic E-state index is 10.6. The number of carbonyl (C=O) groups is 1. The summed E-state index contributed by atoms with van der Waals surface area (Å²) in [5, 5.41) is 9.62. The molecule has 0 aliphatic heterocycles. The quantitative estimate of drug-likeness (QED) is 0.831. The Balaban J connectivity index is 3.15. The van der Waals surface area contributed by atoms with Gasteiger partial charge in [0, 0.05) is 10.6 Å². The molecule has 104 valence electrons. The number of hydrogen-bond donors (Lipinski definition) is 1. The highest BCUT2D eigenvalue weighted by Gasteiger charge is 2.12. The molecular weight excluding hydrogens is 287 g/mol. The van der Waals surface area contributed by atoms with E-state index in [1.807, 2.05) is 13.8 Å². The number of benzene rings is 1. The fraction of sp³-hybridized carbons (Fsp3) is 0.357. The molecule has 0 radical (unpaired) electrons. The second-order valence-electron chi connectivity index (χ2n) is 4.10. The zero-order chi connectivity index (χ0) is 14.4. The van der Waals surface area contributed by atoms with Crippen LogP contribution >= 0.6 is 23.2 Å². The Hall–Kier alpha value is -1.19. The average Bonchev–Trinajstić information content (AvgIpc) is 2.34. The molecule has 0 amide bonds. The number of carboxylic acid groups (broad SMARTS) is 1. The molecule has 0 fully saturated rings. The summed E-state index contributed by atoms with van der Waals surface area (Å²) in [6.45, 7) is 4.35. The van der Waals surface area contributed by atoms with Gasteiger partial charge in [0.25, 0.3) is 0 Å². The van der Waals surface area contributed by atoms with Crippen molar-refractivity contribution in [2.45, 2.75) is 26.7 Å². The minimum absolute atomic E-state index is 0.0524. The molecule has 0 unspecified atom stereocenters. The first-order valence-corrected chi connectivity index (χ1v) is 6.72. The van der Waals surface area contributed by atoms with Crippen LogP contribution in [0.15, 0.2) is 18.2 Å². The van der Waals surface area contributed by atoms with Gasteiger partial charge in [0.2, 0.25) is 0 Å². The average molecular weight is 303 g/mol. The van der Waals surface area contributed by atoms with Crippen LogP contribution in [0.4, 0.5) is 0 Å². The molecule has 1 N–H and O–H groups in total. The third-order valence-electron chi connectivity index (χ3n) is 2.47. The molecule has 1 aromatic rings. The molecule has 0 atom stereocenters. The van der Waals surface area contributed by atoms with Crippen LogP contribution < -0.4 is 4.74 Å². The van der Waals surface area contributed by atoms with Crippen LogP contribution in [0.2, 0.25) is 10.0 Å². The van der Waals surface area contributed by atoms with E-state index in [-0.39, 0.29) is 6.42 Å². The third-order valence-corrected chi connectivity index (χ3v) is 2.97. The Kier molecular flexibility index (Phi) is 6.19. The molecule has 0 heterocycles. The Bertz CT molecular complexity index is 496. The Labute approximate surface area is 122 Å². The monoisotopic (exact) mass is 302 g/mol. The maximum absolute atomic E-state index is 10.6. The summed E-state index contributed by atoms with van der Waals surface area (Å²) in [7, 11) is 0. The lowest BCUT2D eigenvalue weighted by molar-refractivity contribution is -0.135. The number of allylic oxidation sites excluding steroid dienone is 1. The van der Waals surface area contributed by atoms with E-state index in [0.717, 1.165) is 17.6 Å². The Morgan fingerprint density at radius 3 is 2.68 bits per heavy atom. The summed E-state index contributed by atoms with van der Waals surface area (Å²) in [5.74, 6) is -0.337. The molecular formula is C14H16Cl2O3. The summed E-state index contributed by atoms with van der Waals surface area (Å²) >= 11 is 12.1. The van der Waals surface area contributed by atoms with Gasteiger partial charge < -0.3 is 9.84 Å². The van der Waals surface area contributed by atoms with Crippen LogP contribution in [0.1, 0.15) is 32.3 Å². The van der Waals surface area contributed by atoms with Crippen LogP contribution in [-0.2, 0) is 4.79 Å². The van der Waals surface area contributed by atoms with Crippen molar-refractivity contribution in [3.05, 3.63) is 33.8 Å². The first kappa shape index (κ1) is 15.9. The van der Waals surface area contributed by atoms with Gasteiger partial charge in [-0.3, -0.25) is 4.79 Å². The number of carboxylic acids is 1. The fourth-order valence-corrected chi connectivity index (χ4v) is 2.10. The number of hydrogen-bond acceptors (Lipinski definition) is 2. The van der Waals surface area contributed by atoms with Crippen LogP contribution in [0.3, 0.4) is 0 Å². The van der Waals surface area contributed by atoms with Gasteiger partial charge in [-0.15, -0.1) is 0 Å². The molecule has 3 nitrogen and oxygen atoms in total. The van der Waals surface area contributed by atoms with Gasteiger partial charge in [-0.1, -0.05) is 36.2 Å². The summed E-state index contributed by atoms with van der Waals surface area (Å²) in [6.07, 6.45) is 2.42. The highest BCUT2D eigenvalue weighted by atomic mass is 35.5. The van der Waals surface area contributed by atoms with Crippen LogP contribution in [-0.4, -0.2) is 17.7 Å². The molecule has 0 bridgehead atoms. The summed E-state index contributed by atoms with van der Waals surface area (Å²) < 4.78 is 5.62. The smallest absolute Gasteiger partial charge is 0.307 e. The number of rotatable bonds is 6. The number of aliphatic carboxylic acids is 1. The van der Waals surface area contributed by atoms with E-state index in [1.165, 1.54) is 0 Å². The van der Waals surface area contributed by atoms with E-state index in [4.69, 9.17) is 33.0 Å². The molecule has 0 aliphatic carbocycles. The van der Waals surface area contributed by atoms with E-state index >= 15 is 0 Å². The molecule has 1 rings (SSSR count). The van der Waals surface area contributed by atoms with Gasteiger partial charge in [0.15, 0.2) is 0 Å². The molecule has 19 heavy (non-hydrogen) atoms. The van der Waals surface area contributed by atoms with Crippen molar-refractivity contribution in [3.8, 4) is 5.75 Å². The minimum Gasteiger partial charge on any atom is -0.491 e. The van der Waals surface area contributed by atoms with Crippen LogP contribution in [0.25, 0.3) is 5.57 Å². The lowest BCUT2D eigenvalue weighted by Gasteiger charge is -2.14. The van der Waals surface area contributed by atoms with Gasteiger partial charge in [-0.25, -0.2) is 0 Å². The SMILES string of the molecule is CCCOc1c(Cl)cc(Cl)cc1/C(C)=C/CC(=O)O. The first-order valence-electron chi connectivity index (χ1n) is 5.96. The van der Waals surface area contributed by atoms with E-state index in [0.29, 0.717) is 22.4 Å². The summed E-state index contributed by atoms with van der Waals surface area (Å²) in [5.41, 5.74) is 1.50. The predicted octanol–water partition coefficient (Wildman–Crippen LogP) is 4.66. The van der Waals surface area contributed by atoms with E-state index < -0.39 is 5.97 Å². The molecule has 0 aliphatic rings. The van der Waals surface area contributed by atoms with Crippen molar-refractivity contribution >= 4 is 34.7 Å². The number of ether oxygens (including phenoxy) is 1. The molecule has 0 saturated heterocycles. The van der Waals surface area contributed by atoms with Crippen molar-refractivity contribution in [1.29, 1.82) is 0 Å². The van der Waals surface area contributed by atoms with Crippen molar-refractivity contribution in [1.82, 2.24) is 0 Å².